The molecule has 2 rings (SSSR count). The van der Waals surface area contributed by atoms with Gasteiger partial charge in [-0.25, -0.2) is 11.4 Å². The molecular formula is C14H22N4O6. The van der Waals surface area contributed by atoms with E-state index in [9.17, 15) is 15.3 Å². The molecule has 1 aliphatic rings. The Labute approximate surface area is 138 Å². The number of nitrogens with zero attached hydrogens (tertiary/aromatic N) is 1. The van der Waals surface area contributed by atoms with Gasteiger partial charge < -0.3 is 35.6 Å². The number of aliphatic hydroxyl groups excluding tert-OH is 4. The van der Waals surface area contributed by atoms with Gasteiger partial charge in [-0.3, -0.25) is 0 Å². The number of hydrazone groups is 1. The Bertz CT molecular complexity index is 553. The summed E-state index contributed by atoms with van der Waals surface area (Å²) in [6.45, 7) is -0.516. The summed E-state index contributed by atoms with van der Waals surface area (Å²) in [7, 11) is 0. The highest BCUT2D eigenvalue weighted by molar-refractivity contribution is 5.82. The van der Waals surface area contributed by atoms with Crippen molar-refractivity contribution in [3.8, 4) is 5.75 Å². The fraction of sp³-hybridized carbons (Fsp3) is 0.500. The molecular weight excluding hydrogens is 320 g/mol. The van der Waals surface area contributed by atoms with E-state index in [1.165, 1.54) is 0 Å². The first kappa shape index (κ1) is 18.4. The largest absolute Gasteiger partial charge is 0.462 e. The van der Waals surface area contributed by atoms with Crippen LogP contribution in [0.1, 0.15) is 5.56 Å². The number of rotatable bonds is 6. The number of amidine groups is 1. The van der Waals surface area contributed by atoms with Crippen molar-refractivity contribution in [2.45, 2.75) is 37.1 Å². The van der Waals surface area contributed by atoms with Crippen molar-refractivity contribution in [1.82, 2.24) is 5.53 Å². The predicted octanol–water partition coefficient (Wildman–Crippen LogP) is -2.86. The third kappa shape index (κ3) is 4.32. The smallest absolute Gasteiger partial charge is 0.229 e. The molecule has 24 heavy (non-hydrogen) atoms. The van der Waals surface area contributed by atoms with Gasteiger partial charge in [0, 0.05) is 6.42 Å². The number of hydrazine groups is 1. The third-order valence-electron chi connectivity index (χ3n) is 3.62. The van der Waals surface area contributed by atoms with Crippen LogP contribution in [0, 0.1) is 0 Å². The number of benzene rings is 1. The van der Waals surface area contributed by atoms with Crippen LogP contribution >= 0.6 is 0 Å². The van der Waals surface area contributed by atoms with E-state index < -0.39 is 37.3 Å². The van der Waals surface area contributed by atoms with E-state index in [4.69, 9.17) is 26.2 Å². The number of aliphatic hydroxyl groups is 4. The van der Waals surface area contributed by atoms with Crippen LogP contribution in [0.5, 0.6) is 5.75 Å². The molecule has 0 spiro atoms. The Kier molecular flexibility index (Phi) is 6.31. The third-order valence-corrected chi connectivity index (χ3v) is 3.62. The van der Waals surface area contributed by atoms with Crippen LogP contribution in [-0.4, -0.2) is 63.6 Å². The highest BCUT2D eigenvalue weighted by Gasteiger charge is 2.44. The highest BCUT2D eigenvalue weighted by atomic mass is 16.7. The average Bonchev–Trinajstić information content (AvgIpc) is 2.57. The van der Waals surface area contributed by atoms with Gasteiger partial charge in [-0.1, -0.05) is 12.1 Å². The summed E-state index contributed by atoms with van der Waals surface area (Å²) in [5.41, 5.74) is 8.59. The summed E-state index contributed by atoms with van der Waals surface area (Å²) in [5, 5.41) is 42.2. The van der Waals surface area contributed by atoms with E-state index in [1.807, 2.05) is 0 Å². The van der Waals surface area contributed by atoms with Crippen LogP contribution in [0.3, 0.4) is 0 Å². The minimum Gasteiger partial charge on any atom is -0.462 e. The lowest BCUT2D eigenvalue weighted by molar-refractivity contribution is -0.277. The van der Waals surface area contributed by atoms with Crippen LogP contribution in [0.15, 0.2) is 29.4 Å². The lowest BCUT2D eigenvalue weighted by atomic mass is 9.99. The number of ether oxygens (including phenoxy) is 2. The molecule has 0 bridgehead atoms. The van der Waals surface area contributed by atoms with Crippen LogP contribution in [0.25, 0.3) is 0 Å². The highest BCUT2D eigenvalue weighted by Crippen LogP contribution is 2.24. The zero-order valence-corrected chi connectivity index (χ0v) is 12.8. The van der Waals surface area contributed by atoms with Gasteiger partial charge in [-0.2, -0.15) is 5.10 Å². The molecule has 0 radical (unpaired) electrons. The normalized spacial score (nSPS) is 30.9. The summed E-state index contributed by atoms with van der Waals surface area (Å²) in [5.74, 6) is 5.71. The second-order valence-electron chi connectivity index (χ2n) is 5.37. The molecule has 1 aliphatic heterocycles. The fourth-order valence-electron chi connectivity index (χ4n) is 2.32. The van der Waals surface area contributed by atoms with Crippen molar-refractivity contribution < 1.29 is 29.9 Å². The molecule has 1 saturated heterocycles. The molecule has 134 valence electrons. The lowest BCUT2D eigenvalue weighted by Crippen LogP contribution is -2.60. The van der Waals surface area contributed by atoms with Crippen molar-refractivity contribution in [2.75, 3.05) is 6.61 Å². The average molecular weight is 342 g/mol. The fourth-order valence-corrected chi connectivity index (χ4v) is 2.32. The number of nitrogens with two attached hydrogens (primary N) is 2. The van der Waals surface area contributed by atoms with Gasteiger partial charge in [0.05, 0.1) is 6.61 Å². The summed E-state index contributed by atoms with van der Waals surface area (Å²) < 4.78 is 10.7. The van der Waals surface area contributed by atoms with Crippen LogP contribution in [-0.2, 0) is 11.2 Å². The molecule has 1 fully saturated rings. The van der Waals surface area contributed by atoms with Gasteiger partial charge in [-0.05, 0) is 17.7 Å². The lowest BCUT2D eigenvalue weighted by Gasteiger charge is -2.39. The first-order chi connectivity index (χ1) is 11.5. The molecule has 1 aromatic carbocycles. The molecule has 1 heterocycles. The Balaban J connectivity index is 2.01. The Morgan fingerprint density at radius 1 is 1.17 bits per heavy atom. The summed E-state index contributed by atoms with van der Waals surface area (Å²) in [6.07, 6.45) is -6.23. The Hall–Kier alpha value is -1.95. The maximum absolute atomic E-state index is 9.92. The zero-order valence-electron chi connectivity index (χ0n) is 12.8. The van der Waals surface area contributed by atoms with Crippen LogP contribution in [0.2, 0.25) is 0 Å². The molecule has 10 heteroatoms. The summed E-state index contributed by atoms with van der Waals surface area (Å²) in [6, 6.07) is 6.72. The molecule has 5 unspecified atom stereocenters. The minimum absolute atomic E-state index is 0.306. The van der Waals surface area contributed by atoms with Crippen molar-refractivity contribution >= 4 is 5.84 Å². The van der Waals surface area contributed by atoms with E-state index in [1.54, 1.807) is 24.3 Å². The van der Waals surface area contributed by atoms with E-state index in [0.29, 0.717) is 18.0 Å². The minimum atomic E-state index is -1.49. The first-order valence-electron chi connectivity index (χ1n) is 7.30. The van der Waals surface area contributed by atoms with Gasteiger partial charge in [-0.15, -0.1) is 0 Å². The topological polar surface area (TPSA) is 176 Å². The van der Waals surface area contributed by atoms with Gasteiger partial charge in [0.15, 0.2) is 0 Å². The van der Waals surface area contributed by atoms with Gasteiger partial charge >= 0.3 is 0 Å². The van der Waals surface area contributed by atoms with E-state index in [2.05, 4.69) is 10.6 Å². The number of hydrogen-bond acceptors (Lipinski definition) is 9. The maximum atomic E-state index is 9.92. The van der Waals surface area contributed by atoms with Gasteiger partial charge in [0.25, 0.3) is 0 Å². The zero-order chi connectivity index (χ0) is 17.7. The van der Waals surface area contributed by atoms with Gasteiger partial charge in [0.1, 0.15) is 36.0 Å². The van der Waals surface area contributed by atoms with Gasteiger partial charge in [0.2, 0.25) is 6.29 Å². The van der Waals surface area contributed by atoms with Crippen LogP contribution in [0.4, 0.5) is 0 Å². The molecule has 0 amide bonds. The SMILES string of the molecule is NN/N=C(\N)Cc1ccc(OC2OC(CO)C(O)C(O)C2O)cc1. The summed E-state index contributed by atoms with van der Waals surface area (Å²) >= 11 is 0. The molecule has 0 aliphatic carbocycles. The molecule has 10 nitrogen and oxygen atoms in total. The maximum Gasteiger partial charge on any atom is 0.229 e. The van der Waals surface area contributed by atoms with Crippen molar-refractivity contribution in [3.05, 3.63) is 29.8 Å². The second kappa shape index (κ2) is 8.24. The quantitative estimate of drug-likeness (QED) is 0.124. The monoisotopic (exact) mass is 342 g/mol. The summed E-state index contributed by atoms with van der Waals surface area (Å²) in [4.78, 5) is 0. The first-order valence-corrected chi connectivity index (χ1v) is 7.30. The van der Waals surface area contributed by atoms with E-state index in [-0.39, 0.29) is 0 Å². The van der Waals surface area contributed by atoms with Crippen LogP contribution < -0.4 is 21.8 Å². The standard InChI is InChI=1S/C14H22N4O6/c15-10(17-18-16)5-7-1-3-8(4-2-7)23-14-13(22)12(21)11(20)9(6-19)24-14/h1-4,9,11-14,18-22H,5-6,16H2,(H2,15,17). The molecule has 5 atom stereocenters. The van der Waals surface area contributed by atoms with E-state index >= 15 is 0 Å². The van der Waals surface area contributed by atoms with Crippen molar-refractivity contribution in [3.63, 3.8) is 0 Å². The molecule has 0 saturated carbocycles. The molecule has 1 aromatic rings. The Morgan fingerprint density at radius 2 is 1.83 bits per heavy atom. The number of hydrogen-bond donors (Lipinski definition) is 7. The Morgan fingerprint density at radius 3 is 2.42 bits per heavy atom. The molecule has 9 N–H and O–H groups in total. The van der Waals surface area contributed by atoms with Crippen molar-refractivity contribution in [2.24, 2.45) is 16.7 Å². The number of nitrogens with one attached hydrogen (secondary N) is 1. The predicted molar refractivity (Wildman–Crippen MR) is 83.5 cm³/mol. The second-order valence-corrected chi connectivity index (χ2v) is 5.37. The van der Waals surface area contributed by atoms with E-state index in [0.717, 1.165) is 5.56 Å². The molecule has 0 aromatic heterocycles. The van der Waals surface area contributed by atoms with Crippen molar-refractivity contribution in [1.29, 1.82) is 0 Å².